The van der Waals surface area contributed by atoms with Crippen LogP contribution in [0.3, 0.4) is 0 Å². The van der Waals surface area contributed by atoms with Crippen LogP contribution >= 0.6 is 0 Å². The first-order valence-electron chi connectivity index (χ1n) is 9.13. The van der Waals surface area contributed by atoms with Crippen LogP contribution < -0.4 is 5.56 Å². The van der Waals surface area contributed by atoms with E-state index in [0.29, 0.717) is 23.3 Å². The molecule has 1 aliphatic carbocycles. The van der Waals surface area contributed by atoms with Gasteiger partial charge in [-0.25, -0.2) is 0 Å². The Morgan fingerprint density at radius 2 is 1.84 bits per heavy atom. The molecule has 2 heterocycles. The van der Waals surface area contributed by atoms with E-state index in [1.807, 2.05) is 35.2 Å². The molecule has 0 spiro atoms. The number of carbonyl (C=O) groups is 1. The summed E-state index contributed by atoms with van der Waals surface area (Å²) in [5, 5.41) is 4.37. The van der Waals surface area contributed by atoms with Crippen molar-refractivity contribution < 1.29 is 4.79 Å². The van der Waals surface area contributed by atoms with Gasteiger partial charge in [-0.3, -0.25) is 9.59 Å². The van der Waals surface area contributed by atoms with Gasteiger partial charge in [0.05, 0.1) is 5.69 Å². The number of rotatable bonds is 2. The maximum Gasteiger partial charge on any atom is 0.274 e. The number of fused-ring (bicyclic) bond motifs is 1. The molecule has 1 saturated heterocycles. The number of likely N-dealkylation sites (tertiary alicyclic amines) is 1. The van der Waals surface area contributed by atoms with Gasteiger partial charge in [0.25, 0.3) is 11.5 Å². The third kappa shape index (κ3) is 2.88. The van der Waals surface area contributed by atoms with E-state index in [1.165, 1.54) is 30.0 Å². The van der Waals surface area contributed by atoms with Crippen molar-refractivity contribution >= 4 is 5.91 Å². The zero-order valence-electron chi connectivity index (χ0n) is 14.5. The van der Waals surface area contributed by atoms with E-state index in [4.69, 9.17) is 0 Å². The number of benzene rings is 1. The molecule has 4 rings (SSSR count). The molecule has 1 amide bonds. The van der Waals surface area contributed by atoms with Crippen LogP contribution in [0, 0.1) is 5.92 Å². The number of amides is 1. The maximum atomic E-state index is 13.2. The van der Waals surface area contributed by atoms with Gasteiger partial charge in [0.2, 0.25) is 0 Å². The summed E-state index contributed by atoms with van der Waals surface area (Å²) < 4.78 is 1.31. The fraction of sp³-hybridized carbons (Fsp3) is 0.450. The van der Waals surface area contributed by atoms with E-state index < -0.39 is 0 Å². The summed E-state index contributed by atoms with van der Waals surface area (Å²) >= 11 is 0. The van der Waals surface area contributed by atoms with Crippen LogP contribution in [0.1, 0.15) is 49.5 Å². The Hall–Kier alpha value is -2.43. The van der Waals surface area contributed by atoms with E-state index in [2.05, 4.69) is 12.0 Å². The average Bonchev–Trinajstić information content (AvgIpc) is 2.98. The van der Waals surface area contributed by atoms with Crippen molar-refractivity contribution in [1.29, 1.82) is 0 Å². The lowest BCUT2D eigenvalue weighted by Crippen LogP contribution is -2.43. The highest BCUT2D eigenvalue weighted by atomic mass is 16.2. The Balaban J connectivity index is 1.68. The van der Waals surface area contributed by atoms with Crippen molar-refractivity contribution in [2.24, 2.45) is 5.92 Å². The summed E-state index contributed by atoms with van der Waals surface area (Å²) in [5.74, 6) is 0.569. The van der Waals surface area contributed by atoms with Crippen LogP contribution in [0.15, 0.2) is 47.3 Å². The molecule has 0 N–H and O–H groups in total. The maximum absolute atomic E-state index is 13.2. The minimum absolute atomic E-state index is 0.0495. The average molecular weight is 337 g/mol. The minimum atomic E-state index is -0.229. The SMILES string of the molecule is C[C@@H]1C[C@H]2CCCC[C@@H]2N1C(=O)c1ccc(=O)n(-c2ccccc2)n1. The van der Waals surface area contributed by atoms with Gasteiger partial charge in [-0.05, 0) is 50.3 Å². The highest BCUT2D eigenvalue weighted by molar-refractivity contribution is 5.92. The Morgan fingerprint density at radius 3 is 2.64 bits per heavy atom. The first-order chi connectivity index (χ1) is 12.1. The zero-order chi connectivity index (χ0) is 17.4. The quantitative estimate of drug-likeness (QED) is 0.846. The Morgan fingerprint density at radius 1 is 1.08 bits per heavy atom. The number of hydrogen-bond acceptors (Lipinski definition) is 3. The molecule has 0 radical (unpaired) electrons. The van der Waals surface area contributed by atoms with E-state index in [1.54, 1.807) is 6.07 Å². The fourth-order valence-corrected chi connectivity index (χ4v) is 4.47. The van der Waals surface area contributed by atoms with Gasteiger partial charge in [-0.15, -0.1) is 0 Å². The number of aromatic nitrogens is 2. The number of carbonyl (C=O) groups excluding carboxylic acids is 1. The third-order valence-corrected chi connectivity index (χ3v) is 5.60. The Labute approximate surface area is 147 Å². The summed E-state index contributed by atoms with van der Waals surface area (Å²) in [4.78, 5) is 27.4. The summed E-state index contributed by atoms with van der Waals surface area (Å²) in [6, 6.07) is 12.8. The van der Waals surface area contributed by atoms with E-state index in [9.17, 15) is 9.59 Å². The summed E-state index contributed by atoms with van der Waals surface area (Å²) in [7, 11) is 0. The lowest BCUT2D eigenvalue weighted by Gasteiger charge is -2.33. The van der Waals surface area contributed by atoms with Crippen LogP contribution in [0.25, 0.3) is 5.69 Å². The first kappa shape index (κ1) is 16.1. The van der Waals surface area contributed by atoms with Crippen LogP contribution in [-0.4, -0.2) is 32.7 Å². The fourth-order valence-electron chi connectivity index (χ4n) is 4.47. The molecular formula is C20H23N3O2. The van der Waals surface area contributed by atoms with E-state index in [0.717, 1.165) is 12.8 Å². The second kappa shape index (κ2) is 6.47. The first-order valence-corrected chi connectivity index (χ1v) is 9.13. The van der Waals surface area contributed by atoms with Crippen LogP contribution in [0.5, 0.6) is 0 Å². The standard InChI is InChI=1S/C20H23N3O2/c1-14-13-15-7-5-6-10-18(15)22(14)20(25)17-11-12-19(24)23(21-17)16-8-3-2-4-9-16/h2-4,8-9,11-12,14-15,18H,5-7,10,13H2,1H3/t14-,15-,18+/m1/s1. The largest absolute Gasteiger partial charge is 0.331 e. The van der Waals surface area contributed by atoms with Crippen LogP contribution in [0.2, 0.25) is 0 Å². The molecule has 2 fully saturated rings. The monoisotopic (exact) mass is 337 g/mol. The van der Waals surface area contributed by atoms with Crippen molar-refractivity contribution in [3.05, 3.63) is 58.5 Å². The molecule has 130 valence electrons. The smallest absolute Gasteiger partial charge is 0.274 e. The summed E-state index contributed by atoms with van der Waals surface area (Å²) in [6.07, 6.45) is 5.84. The molecule has 2 aliphatic rings. The van der Waals surface area contributed by atoms with Crippen molar-refractivity contribution in [2.75, 3.05) is 0 Å². The predicted octanol–water partition coefficient (Wildman–Crippen LogP) is 3.03. The van der Waals surface area contributed by atoms with E-state index in [-0.39, 0.29) is 17.5 Å². The molecule has 1 aliphatic heterocycles. The molecule has 2 aromatic rings. The molecule has 5 nitrogen and oxygen atoms in total. The Kier molecular flexibility index (Phi) is 4.15. The molecule has 1 aromatic heterocycles. The molecule has 3 atom stereocenters. The second-order valence-electron chi connectivity index (χ2n) is 7.21. The van der Waals surface area contributed by atoms with Crippen molar-refractivity contribution in [1.82, 2.24) is 14.7 Å². The van der Waals surface area contributed by atoms with Crippen molar-refractivity contribution in [3.63, 3.8) is 0 Å². The van der Waals surface area contributed by atoms with Crippen molar-refractivity contribution in [2.45, 2.75) is 51.1 Å². The van der Waals surface area contributed by atoms with Crippen LogP contribution in [0.4, 0.5) is 0 Å². The van der Waals surface area contributed by atoms with Gasteiger partial charge in [-0.2, -0.15) is 9.78 Å². The van der Waals surface area contributed by atoms with Crippen molar-refractivity contribution in [3.8, 4) is 5.69 Å². The molecular weight excluding hydrogens is 314 g/mol. The molecule has 1 saturated carbocycles. The summed E-state index contributed by atoms with van der Waals surface area (Å²) in [6.45, 7) is 2.13. The van der Waals surface area contributed by atoms with Gasteiger partial charge in [0.15, 0.2) is 0 Å². The lowest BCUT2D eigenvalue weighted by molar-refractivity contribution is 0.0625. The minimum Gasteiger partial charge on any atom is -0.331 e. The third-order valence-electron chi connectivity index (χ3n) is 5.60. The zero-order valence-corrected chi connectivity index (χ0v) is 14.5. The molecule has 0 bridgehead atoms. The molecule has 5 heteroatoms. The van der Waals surface area contributed by atoms with E-state index >= 15 is 0 Å². The molecule has 0 unspecified atom stereocenters. The lowest BCUT2D eigenvalue weighted by atomic mass is 9.85. The number of nitrogens with zero attached hydrogens (tertiary/aromatic N) is 3. The van der Waals surface area contributed by atoms with Crippen LogP contribution in [-0.2, 0) is 0 Å². The number of hydrogen-bond donors (Lipinski definition) is 0. The highest BCUT2D eigenvalue weighted by Crippen LogP contribution is 2.40. The number of para-hydroxylation sites is 1. The van der Waals surface area contributed by atoms with Gasteiger partial charge >= 0.3 is 0 Å². The summed E-state index contributed by atoms with van der Waals surface area (Å²) in [5.41, 5.74) is 0.793. The second-order valence-corrected chi connectivity index (χ2v) is 7.21. The van der Waals surface area contributed by atoms with Gasteiger partial charge in [-0.1, -0.05) is 31.0 Å². The van der Waals surface area contributed by atoms with Gasteiger partial charge in [0.1, 0.15) is 5.69 Å². The van der Waals surface area contributed by atoms with Gasteiger partial charge in [0, 0.05) is 18.2 Å². The predicted molar refractivity (Wildman–Crippen MR) is 95.8 cm³/mol. The van der Waals surface area contributed by atoms with Gasteiger partial charge < -0.3 is 4.90 Å². The normalized spacial score (nSPS) is 25.6. The molecule has 25 heavy (non-hydrogen) atoms. The topological polar surface area (TPSA) is 55.2 Å². The Bertz CT molecular complexity index is 830. The highest BCUT2D eigenvalue weighted by Gasteiger charge is 2.43. The molecule has 1 aromatic carbocycles.